The molecule has 10 nitrogen and oxygen atoms in total. The van der Waals surface area contributed by atoms with Crippen molar-refractivity contribution in [3.63, 3.8) is 0 Å². The molecule has 36 heavy (non-hydrogen) atoms. The van der Waals surface area contributed by atoms with Crippen LogP contribution in [-0.2, 0) is 14.8 Å². The number of alkyl halides is 3. The molecule has 1 atom stereocenters. The van der Waals surface area contributed by atoms with Gasteiger partial charge >= 0.3 is 21.5 Å². The first-order chi connectivity index (χ1) is 17.0. The van der Waals surface area contributed by atoms with Crippen molar-refractivity contribution in [2.75, 3.05) is 29.3 Å². The third-order valence-electron chi connectivity index (χ3n) is 5.54. The minimum Gasteiger partial charge on any atom is -0.461 e. The van der Waals surface area contributed by atoms with Crippen molar-refractivity contribution in [3.05, 3.63) is 22.7 Å². The molecule has 0 spiro atoms. The van der Waals surface area contributed by atoms with E-state index in [9.17, 15) is 26.4 Å². The molecule has 198 valence electrons. The number of halogens is 3. The van der Waals surface area contributed by atoms with Gasteiger partial charge in [-0.3, -0.25) is 4.72 Å². The lowest BCUT2D eigenvalue weighted by Gasteiger charge is -2.35. The lowest BCUT2D eigenvalue weighted by Crippen LogP contribution is -2.32. The van der Waals surface area contributed by atoms with E-state index in [0.29, 0.717) is 18.8 Å². The molecule has 0 saturated carbocycles. The number of aromatic nitrogens is 2. The molecule has 2 aromatic rings. The van der Waals surface area contributed by atoms with E-state index in [4.69, 9.17) is 4.74 Å². The summed E-state index contributed by atoms with van der Waals surface area (Å²) in [6, 6.07) is 2.91. The fourth-order valence-corrected chi connectivity index (χ4v) is 4.80. The Hall–Kier alpha value is -2.81. The highest BCUT2D eigenvalue weighted by Crippen LogP contribution is 2.43. The maximum atomic E-state index is 13.2. The van der Waals surface area contributed by atoms with Gasteiger partial charge in [-0.25, -0.2) is 4.79 Å². The minimum absolute atomic E-state index is 0.0466. The average molecular weight is 549 g/mol. The molecule has 1 aliphatic heterocycles. The minimum atomic E-state index is -5.70. The molecule has 0 aliphatic carbocycles. The van der Waals surface area contributed by atoms with Crippen molar-refractivity contribution >= 4 is 49.5 Å². The number of nitrogens with one attached hydrogen (secondary N) is 1. The van der Waals surface area contributed by atoms with E-state index in [0.717, 1.165) is 42.6 Å². The van der Waals surface area contributed by atoms with Crippen LogP contribution >= 0.6 is 11.3 Å². The summed E-state index contributed by atoms with van der Waals surface area (Å²) in [6.45, 7) is 7.22. The first-order valence-corrected chi connectivity index (χ1v) is 13.7. The second kappa shape index (κ2) is 11.5. The molecule has 1 N–H and O–H groups in total. The molecule has 0 bridgehead atoms. The van der Waals surface area contributed by atoms with Crippen molar-refractivity contribution in [3.8, 4) is 0 Å². The maximum absolute atomic E-state index is 13.2. The zero-order valence-electron chi connectivity index (χ0n) is 20.0. The molecule has 0 amide bonds. The zero-order chi connectivity index (χ0) is 26.5. The largest absolute Gasteiger partial charge is 0.516 e. The van der Waals surface area contributed by atoms with Crippen LogP contribution in [0.1, 0.15) is 67.7 Å². The van der Waals surface area contributed by atoms with E-state index in [-0.39, 0.29) is 34.0 Å². The van der Waals surface area contributed by atoms with Crippen molar-refractivity contribution in [2.45, 2.75) is 57.9 Å². The highest BCUT2D eigenvalue weighted by molar-refractivity contribution is 7.93. The van der Waals surface area contributed by atoms with Gasteiger partial charge in [0.1, 0.15) is 5.69 Å². The summed E-state index contributed by atoms with van der Waals surface area (Å²) in [5, 5.41) is 15.1. The Morgan fingerprint density at radius 1 is 1.25 bits per heavy atom. The number of azo groups is 1. The molecule has 1 unspecified atom stereocenters. The Morgan fingerprint density at radius 3 is 2.67 bits per heavy atom. The van der Waals surface area contributed by atoms with Gasteiger partial charge in [-0.05, 0) is 43.4 Å². The summed E-state index contributed by atoms with van der Waals surface area (Å²) in [7, 11) is -5.70. The molecular formula is C21H27F3N6O4S2. The topological polar surface area (TPSA) is 126 Å². The number of sulfonamides is 1. The molecule has 1 aromatic carbocycles. The number of carbonyl (C=O) groups excluding carboxylic acids is 1. The van der Waals surface area contributed by atoms with Gasteiger partial charge in [0.05, 0.1) is 12.3 Å². The maximum Gasteiger partial charge on any atom is 0.516 e. The van der Waals surface area contributed by atoms with E-state index >= 15 is 0 Å². The Balaban J connectivity index is 2.02. The van der Waals surface area contributed by atoms with Crippen LogP contribution in [0, 0.1) is 0 Å². The van der Waals surface area contributed by atoms with E-state index in [1.54, 1.807) is 11.6 Å². The zero-order valence-corrected chi connectivity index (χ0v) is 21.6. The summed E-state index contributed by atoms with van der Waals surface area (Å²) < 4.78 is 69.7. The normalized spacial score (nSPS) is 16.3. The second-order valence-electron chi connectivity index (χ2n) is 8.17. The van der Waals surface area contributed by atoms with Crippen LogP contribution in [0.5, 0.6) is 0 Å². The summed E-state index contributed by atoms with van der Waals surface area (Å²) in [5.41, 5.74) is -4.51. The molecule has 15 heteroatoms. The molecule has 1 aliphatic rings. The number of anilines is 2. The number of fused-ring (bicyclic) bond motifs is 1. The first-order valence-electron chi connectivity index (χ1n) is 11.4. The number of unbranched alkanes of at least 4 members (excludes halogenated alkanes) is 2. The van der Waals surface area contributed by atoms with Crippen LogP contribution in [0.4, 0.5) is 35.4 Å². The van der Waals surface area contributed by atoms with Gasteiger partial charge in [0, 0.05) is 18.8 Å². The van der Waals surface area contributed by atoms with Gasteiger partial charge < -0.3 is 9.64 Å². The van der Waals surface area contributed by atoms with Gasteiger partial charge in [0.2, 0.25) is 5.01 Å². The van der Waals surface area contributed by atoms with Crippen LogP contribution in [0.2, 0.25) is 0 Å². The molecule has 0 radical (unpaired) electrons. The summed E-state index contributed by atoms with van der Waals surface area (Å²) in [4.78, 5) is 13.8. The van der Waals surface area contributed by atoms with Crippen molar-refractivity contribution in [1.29, 1.82) is 0 Å². The predicted octanol–water partition coefficient (Wildman–Crippen LogP) is 5.90. The standard InChI is InChI=1S/C21H27F3N6O4S2/c1-4-6-7-9-30-10-8-13(3)14-11-15(16(12-17(14)30)29-36(32,33)21(22,23)24)25-27-20-28-26-18(35-20)19(31)34-5-2/h11-13,29H,4-10H2,1-3H3. The van der Waals surface area contributed by atoms with Gasteiger partial charge in [0.25, 0.3) is 5.13 Å². The smallest absolute Gasteiger partial charge is 0.461 e. The molecule has 2 heterocycles. The van der Waals surface area contributed by atoms with Crippen molar-refractivity contribution in [2.24, 2.45) is 10.2 Å². The number of ether oxygens (including phenoxy) is 1. The summed E-state index contributed by atoms with van der Waals surface area (Å²) in [5.74, 6) is -0.623. The first kappa shape index (κ1) is 27.8. The van der Waals surface area contributed by atoms with E-state index in [1.165, 1.54) is 12.1 Å². The quantitative estimate of drug-likeness (QED) is 0.223. The fourth-order valence-electron chi connectivity index (χ4n) is 3.67. The predicted molar refractivity (Wildman–Crippen MR) is 130 cm³/mol. The van der Waals surface area contributed by atoms with E-state index in [2.05, 4.69) is 27.3 Å². The van der Waals surface area contributed by atoms with Crippen LogP contribution in [0.15, 0.2) is 22.4 Å². The summed E-state index contributed by atoms with van der Waals surface area (Å²) in [6.07, 6.45) is 3.73. The van der Waals surface area contributed by atoms with Crippen LogP contribution in [-0.4, -0.2) is 49.8 Å². The van der Waals surface area contributed by atoms with Crippen LogP contribution < -0.4 is 9.62 Å². The number of nitrogens with zero attached hydrogens (tertiary/aromatic N) is 5. The average Bonchev–Trinajstić information content (AvgIpc) is 3.28. The monoisotopic (exact) mass is 548 g/mol. The lowest BCUT2D eigenvalue weighted by atomic mass is 9.90. The van der Waals surface area contributed by atoms with Gasteiger partial charge in [-0.15, -0.1) is 20.4 Å². The number of carbonyl (C=O) groups is 1. The SMILES string of the molecule is CCCCCN1CCC(C)c2cc(N=Nc3nnc(C(=O)OCC)s3)c(NS(=O)(=O)C(F)(F)F)cc21. The Labute approximate surface area is 211 Å². The Kier molecular flexibility index (Phi) is 8.87. The molecule has 0 saturated heterocycles. The highest BCUT2D eigenvalue weighted by Gasteiger charge is 2.46. The number of esters is 1. The lowest BCUT2D eigenvalue weighted by molar-refractivity contribution is -0.0429. The van der Waals surface area contributed by atoms with E-state index < -0.39 is 21.5 Å². The number of rotatable bonds is 10. The molecular weight excluding hydrogens is 521 g/mol. The Bertz CT molecular complexity index is 1220. The molecule has 0 fully saturated rings. The van der Waals surface area contributed by atoms with Crippen LogP contribution in [0.3, 0.4) is 0 Å². The van der Waals surface area contributed by atoms with Gasteiger partial charge in [0.15, 0.2) is 0 Å². The van der Waals surface area contributed by atoms with E-state index in [1.807, 2.05) is 11.8 Å². The third-order valence-corrected chi connectivity index (χ3v) is 7.42. The second-order valence-corrected chi connectivity index (χ2v) is 10.8. The molecule has 3 rings (SSSR count). The third kappa shape index (κ3) is 6.49. The number of hydrogen-bond donors (Lipinski definition) is 1. The fraction of sp³-hybridized carbons (Fsp3) is 0.571. The molecule has 1 aromatic heterocycles. The number of benzene rings is 1. The highest BCUT2D eigenvalue weighted by atomic mass is 32.2. The van der Waals surface area contributed by atoms with Gasteiger partial charge in [-0.2, -0.15) is 21.6 Å². The Morgan fingerprint density at radius 2 is 2.00 bits per heavy atom. The van der Waals surface area contributed by atoms with Gasteiger partial charge in [-0.1, -0.05) is 38.0 Å². The van der Waals surface area contributed by atoms with Crippen LogP contribution in [0.25, 0.3) is 0 Å². The van der Waals surface area contributed by atoms with Crippen molar-refractivity contribution in [1.82, 2.24) is 10.2 Å². The summed E-state index contributed by atoms with van der Waals surface area (Å²) >= 11 is 0.780. The number of hydrogen-bond acceptors (Lipinski definition) is 10. The van der Waals surface area contributed by atoms with Crippen molar-refractivity contribution < 1.29 is 31.1 Å².